The van der Waals surface area contributed by atoms with Gasteiger partial charge in [-0.05, 0) is 105 Å². The van der Waals surface area contributed by atoms with Gasteiger partial charge in [-0.25, -0.2) is 44.5 Å². The van der Waals surface area contributed by atoms with Crippen molar-refractivity contribution in [3.8, 4) is 0 Å². The molecule has 8 rings (SSSR count). The Morgan fingerprint density at radius 1 is 0.553 bits per heavy atom. The van der Waals surface area contributed by atoms with Gasteiger partial charge in [-0.15, -0.1) is 0 Å². The van der Waals surface area contributed by atoms with Crippen LogP contribution in [-0.4, -0.2) is 141 Å². The smallest absolute Gasteiger partial charge is 0.397 e. The number of hydrogen-bond acceptors (Lipinski definition) is 17. The van der Waals surface area contributed by atoms with Gasteiger partial charge in [0.15, 0.2) is 44.7 Å². The largest absolute Gasteiger partial charge is 1.00 e. The molecule has 0 aromatic carbocycles. The Kier molecular flexibility index (Phi) is 18.0. The van der Waals surface area contributed by atoms with Crippen molar-refractivity contribution < 1.29 is 79.5 Å². The van der Waals surface area contributed by atoms with Gasteiger partial charge in [0.1, 0.15) is 7.15 Å². The van der Waals surface area contributed by atoms with E-state index in [0.717, 1.165) is 71.6 Å². The van der Waals surface area contributed by atoms with Gasteiger partial charge in [0.05, 0.1) is 47.6 Å². The minimum absolute atomic E-state index is 0. The molecule has 85 heavy (non-hydrogen) atoms. The van der Waals surface area contributed by atoms with Gasteiger partial charge in [0.25, 0.3) is 22.2 Å². The first kappa shape index (κ1) is 44.6. The van der Waals surface area contributed by atoms with Crippen LogP contribution >= 0.6 is 0 Å². The molecule has 0 saturated heterocycles. The number of unbranched alkanes of at least 4 members (excludes halogenated alkanes) is 3. The van der Waals surface area contributed by atoms with Crippen LogP contribution in [0.1, 0.15) is 136 Å². The van der Waals surface area contributed by atoms with Gasteiger partial charge < -0.3 is 43.5 Å². The van der Waals surface area contributed by atoms with Crippen molar-refractivity contribution in [1.29, 1.82) is 6.77 Å². The molecule has 8 aromatic rings. The molecular formula is C54H88BN16NaO13. The first-order chi connectivity index (χ1) is 48.5. The van der Waals surface area contributed by atoms with Crippen LogP contribution in [0, 0.1) is 0 Å². The van der Waals surface area contributed by atoms with E-state index in [1.54, 1.807) is 6.92 Å². The van der Waals surface area contributed by atoms with Gasteiger partial charge in [-0.1, -0.05) is 8.27 Å². The zero-order valence-electron chi connectivity index (χ0n) is 72.2. The molecule has 0 aliphatic carbocycles. The number of Topliss-reactive ketones (excluding diaryl/α,β-unsaturated/α-hetero) is 1. The Bertz CT molecular complexity index is 4770. The average molecular weight is 1230 g/mol. The molecule has 8 heterocycles. The number of fused-ring (bicyclic) bond motifs is 4. The molecule has 0 aliphatic rings. The standard InChI is InChI=1S/3C13H20N4O3.C13H18N4O3.C2H6O.BH4.Na/c4*1-9(18)6-4-5-7-17-12(19)10-11(14-8-15(10)2)16(3)13(17)20;1-2-3;;/h3*8-9,18H,4-7H2,1-3H3;8H,4-7H2,1-3H3;3H,2H2,1H3;1H4;/q;;;;;-1;+1/t2*9-;;;;;/m10...../s1/i2*2D3,9D;2D3,6D2,9D;2D3,8D;3D;1D4;. The summed E-state index contributed by atoms with van der Waals surface area (Å²) in [6.07, 6.45) is -2.14. The molecule has 3 atom stereocenters. The van der Waals surface area contributed by atoms with E-state index in [0.29, 0.717) is 60.7 Å². The molecule has 0 aliphatic heterocycles. The summed E-state index contributed by atoms with van der Waals surface area (Å²) >= 11 is 0. The molecule has 1 unspecified atom stereocenters. The second-order valence-electron chi connectivity index (χ2n) is 19.0. The molecule has 31 heteroatoms. The van der Waals surface area contributed by atoms with Crippen LogP contribution in [0.4, 0.5) is 0 Å². The molecule has 4 N–H and O–H groups in total. The Hall–Kier alpha value is -6.83. The number of nitrogens with zero attached hydrogens (tertiary/aromatic N) is 16. The summed E-state index contributed by atoms with van der Waals surface area (Å²) in [5, 5.41) is 32.0. The van der Waals surface area contributed by atoms with Crippen molar-refractivity contribution in [2.75, 3.05) is 6.61 Å². The maximum atomic E-state index is 12.6. The molecule has 0 fully saturated rings. The van der Waals surface area contributed by atoms with Crippen LogP contribution in [0.15, 0.2) is 63.6 Å². The van der Waals surface area contributed by atoms with Gasteiger partial charge >= 0.3 is 52.3 Å². The number of aromatic nitrogens is 16. The topological polar surface area (TPSA) is 345 Å². The molecule has 29 nitrogen and oxygen atoms in total. The van der Waals surface area contributed by atoms with Crippen LogP contribution in [0.3, 0.4) is 0 Å². The molecular weight excluding hydrogens is 1110 g/mol. The van der Waals surface area contributed by atoms with Crippen molar-refractivity contribution in [2.24, 2.45) is 56.1 Å². The van der Waals surface area contributed by atoms with E-state index in [1.807, 2.05) is 0 Å². The number of ketones is 1. The number of carbonyl (C=O) groups is 1. The normalized spacial score (nSPS) is 17.9. The third kappa shape index (κ3) is 18.6. The number of aryl methyl sites for hydroxylation is 8. The Morgan fingerprint density at radius 2 is 0.847 bits per heavy atom. The second kappa shape index (κ2) is 34.4. The predicted octanol–water partition coefficient (Wildman–Crippen LogP) is -4.30. The zero-order chi connectivity index (χ0) is 82.8. The van der Waals surface area contributed by atoms with E-state index in [1.165, 1.54) is 49.0 Å². The fourth-order valence-electron chi connectivity index (χ4n) is 8.26. The van der Waals surface area contributed by atoms with Crippen LogP contribution in [0.2, 0.25) is 0 Å². The summed E-state index contributed by atoms with van der Waals surface area (Å²) in [5.74, 6) is 0.0185. The summed E-state index contributed by atoms with van der Waals surface area (Å²) in [7, 11) is 2.57. The van der Waals surface area contributed by atoms with Gasteiger partial charge in [-0.2, -0.15) is 0 Å². The van der Waals surface area contributed by atoms with Crippen LogP contribution in [0.5, 0.6) is 0 Å². The first-order valence-corrected chi connectivity index (χ1v) is 26.0. The Morgan fingerprint density at radius 3 is 1.13 bits per heavy atom. The van der Waals surface area contributed by atoms with Crippen LogP contribution in [0.25, 0.3) is 44.7 Å². The average Bonchev–Trinajstić information content (AvgIpc) is 1.59. The van der Waals surface area contributed by atoms with E-state index < -0.39 is 112 Å². The zero-order valence-corrected chi connectivity index (χ0v) is 51.2. The van der Waals surface area contributed by atoms with Crippen molar-refractivity contribution in [3.05, 3.63) is 109 Å². The summed E-state index contributed by atoms with van der Waals surface area (Å²) in [6.45, 7) is -3.09. The third-order valence-corrected chi connectivity index (χ3v) is 12.5. The maximum absolute atomic E-state index is 12.6. The van der Waals surface area contributed by atoms with Crippen molar-refractivity contribution in [3.63, 3.8) is 0 Å². The Balaban J connectivity index is 0.000000469. The third-order valence-electron chi connectivity index (χ3n) is 12.5. The number of aliphatic hydroxyl groups is 4. The molecule has 0 radical (unpaired) electrons. The Labute approximate surface area is 545 Å². The minimum Gasteiger partial charge on any atom is -0.397 e. The first-order valence-electron chi connectivity index (χ1n) is 37.7. The van der Waals surface area contributed by atoms with E-state index >= 15 is 0 Å². The van der Waals surface area contributed by atoms with Crippen molar-refractivity contribution in [2.45, 2.75) is 156 Å². The molecule has 0 bridgehead atoms. The summed E-state index contributed by atoms with van der Waals surface area (Å²) in [5.41, 5.74) is -6.55. The SMILES string of the molecule is [2H]C([2H])([2H])n1cnc2c1c(=O)n(CCCC([2H])([2H])C([2H])(C)O)c(=O)n2C.[2H]C([2H])([2H])n1cnc2c1c(=O)n(CCCC[C@@]([2H])(C)O)c(=O)n2C.[2H]C([2H])([2H])n1cnc2c1c(=O)n(CCCC[C@]([2H])(C)O)c(=O)n2C.[2H]OCC.[2H][B-]([2H])([2H])[2H].[2H]c1nc2c(c(=O)n(CCCCC(C)=O)c(=O)n2C)n1C([2H])([2H])[2H].[Na+]. The monoisotopic (exact) mass is 1230 g/mol. The summed E-state index contributed by atoms with van der Waals surface area (Å²) in [6, 6.07) is 0. The quantitative estimate of drug-likeness (QED) is 0.0391. The van der Waals surface area contributed by atoms with Gasteiger partial charge in [0, 0.05) is 114 Å². The van der Waals surface area contributed by atoms with Crippen LogP contribution < -0.4 is 74.6 Å². The van der Waals surface area contributed by atoms with E-state index in [4.69, 9.17) is 31.4 Å². The second-order valence-corrected chi connectivity index (χ2v) is 19.0. The summed E-state index contributed by atoms with van der Waals surface area (Å²) in [4.78, 5) is 126. The van der Waals surface area contributed by atoms with Crippen molar-refractivity contribution >= 4 is 58.7 Å². The van der Waals surface area contributed by atoms with Gasteiger partial charge in [0.2, 0.25) is 1.43 Å². The number of carbonyl (C=O) groups excluding carboxylic acids is 1. The number of rotatable bonds is 21. The van der Waals surface area contributed by atoms with Gasteiger partial charge in [-0.3, -0.25) is 55.7 Å². The molecule has 0 amide bonds. The van der Waals surface area contributed by atoms with E-state index in [2.05, 4.69) is 25.0 Å². The molecule has 8 aromatic heterocycles. The number of aliphatic hydroxyl groups excluding tert-OH is 1. The fraction of sp³-hybridized carbons (Fsp3) is 0.611. The number of imidazole rings is 4. The van der Waals surface area contributed by atoms with E-state index in [9.17, 15) is 58.5 Å². The molecule has 0 spiro atoms. The fourth-order valence-corrected chi connectivity index (χ4v) is 8.26. The molecule has 0 saturated carbocycles. The predicted molar refractivity (Wildman–Crippen MR) is 326 cm³/mol. The van der Waals surface area contributed by atoms with Crippen LogP contribution in [-0.2, 0) is 87.1 Å². The molecule has 466 valence electrons. The van der Waals surface area contributed by atoms with Crippen molar-refractivity contribution in [1.82, 2.24) is 74.7 Å². The number of hydrogen-bond donors (Lipinski definition) is 4. The maximum Gasteiger partial charge on any atom is 1.00 e. The minimum atomic E-state index is -3.00. The van der Waals surface area contributed by atoms with E-state index in [-0.39, 0.29) is 132 Å². The summed E-state index contributed by atoms with van der Waals surface area (Å²) < 4.78 is 176.